The minimum Gasteiger partial charge on any atom is -0.361 e. The van der Waals surface area contributed by atoms with Crippen molar-refractivity contribution in [3.63, 3.8) is 0 Å². The zero-order chi connectivity index (χ0) is 17.4. The van der Waals surface area contributed by atoms with Crippen LogP contribution in [0.4, 0.5) is 4.39 Å². The van der Waals surface area contributed by atoms with Gasteiger partial charge >= 0.3 is 0 Å². The van der Waals surface area contributed by atoms with Crippen LogP contribution in [0.25, 0.3) is 10.9 Å². The standard InChI is InChI=1S/C18H20FN5O/c1-24-10-12-7-20-9-15(17(12)23-24)18(25)21-5-4-11-8-22-16-3-2-13(19)6-14(11)16/h2-3,6,8,10,15,20,22H,4-5,7,9H2,1H3,(H,21,25). The van der Waals surface area contributed by atoms with Crippen LogP contribution in [0.1, 0.15) is 22.7 Å². The van der Waals surface area contributed by atoms with E-state index in [2.05, 4.69) is 20.7 Å². The van der Waals surface area contributed by atoms with E-state index in [0.29, 0.717) is 19.5 Å². The number of fused-ring (bicyclic) bond motifs is 2. The summed E-state index contributed by atoms with van der Waals surface area (Å²) in [6.07, 6.45) is 4.46. The van der Waals surface area contributed by atoms with Gasteiger partial charge in [0.05, 0.1) is 11.6 Å². The Hall–Kier alpha value is -2.67. The van der Waals surface area contributed by atoms with Gasteiger partial charge in [0.25, 0.3) is 0 Å². The number of nitrogens with zero attached hydrogens (tertiary/aromatic N) is 2. The molecule has 0 spiro atoms. The quantitative estimate of drug-likeness (QED) is 0.675. The normalized spacial score (nSPS) is 16.8. The van der Waals surface area contributed by atoms with E-state index in [-0.39, 0.29) is 17.6 Å². The van der Waals surface area contributed by atoms with Gasteiger partial charge in [0.1, 0.15) is 5.82 Å². The summed E-state index contributed by atoms with van der Waals surface area (Å²) in [5.41, 5.74) is 3.82. The Kier molecular flexibility index (Phi) is 4.01. The second kappa shape index (κ2) is 6.33. The number of amides is 1. The molecule has 3 N–H and O–H groups in total. The van der Waals surface area contributed by atoms with Crippen LogP contribution in [-0.4, -0.2) is 33.8 Å². The molecule has 0 aliphatic carbocycles. The average Bonchev–Trinajstić information content (AvgIpc) is 3.16. The van der Waals surface area contributed by atoms with Crippen LogP contribution < -0.4 is 10.6 Å². The molecule has 1 amide bonds. The number of aryl methyl sites for hydroxylation is 1. The summed E-state index contributed by atoms with van der Waals surface area (Å²) in [6, 6.07) is 4.68. The van der Waals surface area contributed by atoms with E-state index < -0.39 is 0 Å². The lowest BCUT2D eigenvalue weighted by Crippen LogP contribution is -2.39. The molecule has 0 fully saturated rings. The number of carbonyl (C=O) groups excluding carboxylic acids is 1. The van der Waals surface area contributed by atoms with Crippen molar-refractivity contribution in [1.82, 2.24) is 25.4 Å². The van der Waals surface area contributed by atoms with E-state index in [1.54, 1.807) is 10.7 Å². The molecule has 7 heteroatoms. The molecule has 1 aliphatic rings. The maximum Gasteiger partial charge on any atom is 0.230 e. The number of hydrogen-bond donors (Lipinski definition) is 3. The number of aromatic amines is 1. The third-order valence-electron chi connectivity index (χ3n) is 4.67. The second-order valence-electron chi connectivity index (χ2n) is 6.44. The Bertz CT molecular complexity index is 929. The molecule has 0 saturated carbocycles. The van der Waals surface area contributed by atoms with Gasteiger partial charge in [-0.25, -0.2) is 4.39 Å². The minimum absolute atomic E-state index is 0.0295. The Morgan fingerprint density at radius 2 is 2.36 bits per heavy atom. The maximum absolute atomic E-state index is 13.4. The number of H-pyrrole nitrogens is 1. The first-order valence-electron chi connectivity index (χ1n) is 8.38. The van der Waals surface area contributed by atoms with Crippen molar-refractivity contribution in [2.45, 2.75) is 18.9 Å². The molecule has 4 rings (SSSR count). The monoisotopic (exact) mass is 341 g/mol. The number of hydrogen-bond acceptors (Lipinski definition) is 3. The molecule has 0 saturated heterocycles. The SMILES string of the molecule is Cn1cc2c(n1)C(C(=O)NCCc1c[nH]c3ccc(F)cc13)CNC2. The smallest absolute Gasteiger partial charge is 0.230 e. The van der Waals surface area contributed by atoms with Crippen LogP contribution in [0.2, 0.25) is 0 Å². The number of benzene rings is 1. The van der Waals surface area contributed by atoms with Crippen LogP contribution in [0.3, 0.4) is 0 Å². The first-order valence-corrected chi connectivity index (χ1v) is 8.38. The number of carbonyl (C=O) groups is 1. The molecule has 3 aromatic rings. The van der Waals surface area contributed by atoms with Crippen LogP contribution in [0.15, 0.2) is 30.6 Å². The fourth-order valence-electron chi connectivity index (χ4n) is 3.45. The van der Waals surface area contributed by atoms with E-state index in [0.717, 1.165) is 34.3 Å². The van der Waals surface area contributed by atoms with Crippen LogP contribution in [0.5, 0.6) is 0 Å². The van der Waals surface area contributed by atoms with Crippen LogP contribution in [0, 0.1) is 5.82 Å². The molecule has 1 atom stereocenters. The summed E-state index contributed by atoms with van der Waals surface area (Å²) < 4.78 is 15.2. The molecule has 6 nitrogen and oxygen atoms in total. The number of aromatic nitrogens is 3. The lowest BCUT2D eigenvalue weighted by molar-refractivity contribution is -0.122. The predicted molar refractivity (Wildman–Crippen MR) is 92.6 cm³/mol. The lowest BCUT2D eigenvalue weighted by Gasteiger charge is -2.21. The van der Waals surface area contributed by atoms with E-state index in [1.807, 2.05) is 19.4 Å². The fraction of sp³-hybridized carbons (Fsp3) is 0.333. The summed E-state index contributed by atoms with van der Waals surface area (Å²) in [5, 5.41) is 11.5. The van der Waals surface area contributed by atoms with Gasteiger partial charge in [-0.05, 0) is 30.2 Å². The summed E-state index contributed by atoms with van der Waals surface area (Å²) in [4.78, 5) is 15.7. The largest absolute Gasteiger partial charge is 0.361 e. The third kappa shape index (κ3) is 3.02. The van der Waals surface area contributed by atoms with E-state index >= 15 is 0 Å². The van der Waals surface area contributed by atoms with Crippen molar-refractivity contribution < 1.29 is 9.18 Å². The first kappa shape index (κ1) is 15.8. The van der Waals surface area contributed by atoms with Gasteiger partial charge in [-0.2, -0.15) is 5.10 Å². The average molecular weight is 341 g/mol. The number of nitrogens with one attached hydrogen (secondary N) is 3. The third-order valence-corrected chi connectivity index (χ3v) is 4.67. The van der Waals surface area contributed by atoms with Gasteiger partial charge in [-0.15, -0.1) is 0 Å². The predicted octanol–water partition coefficient (Wildman–Crippen LogP) is 1.59. The molecular formula is C18H20FN5O. The van der Waals surface area contributed by atoms with Crippen molar-refractivity contribution >= 4 is 16.8 Å². The molecule has 0 radical (unpaired) electrons. The highest BCUT2D eigenvalue weighted by Crippen LogP contribution is 2.23. The van der Waals surface area contributed by atoms with Gasteiger partial charge in [0, 0.05) is 55.5 Å². The van der Waals surface area contributed by atoms with Crippen molar-refractivity contribution in [2.75, 3.05) is 13.1 Å². The molecule has 3 heterocycles. The van der Waals surface area contributed by atoms with Gasteiger partial charge in [-0.1, -0.05) is 0 Å². The van der Waals surface area contributed by atoms with Crippen LogP contribution in [-0.2, 0) is 24.8 Å². The molecule has 1 aliphatic heterocycles. The summed E-state index contributed by atoms with van der Waals surface area (Å²) in [6.45, 7) is 1.84. The molecule has 1 aromatic carbocycles. The topological polar surface area (TPSA) is 74.7 Å². The van der Waals surface area contributed by atoms with E-state index in [4.69, 9.17) is 0 Å². The van der Waals surface area contributed by atoms with Crippen molar-refractivity contribution in [2.24, 2.45) is 7.05 Å². The lowest BCUT2D eigenvalue weighted by atomic mass is 9.97. The van der Waals surface area contributed by atoms with Gasteiger partial charge in [-0.3, -0.25) is 9.48 Å². The molecule has 1 unspecified atom stereocenters. The number of halogens is 1. The first-order chi connectivity index (χ1) is 12.1. The van der Waals surface area contributed by atoms with Crippen molar-refractivity contribution in [1.29, 1.82) is 0 Å². The van der Waals surface area contributed by atoms with Crippen molar-refractivity contribution in [3.8, 4) is 0 Å². The van der Waals surface area contributed by atoms with E-state index in [1.165, 1.54) is 12.1 Å². The van der Waals surface area contributed by atoms with Crippen LogP contribution >= 0.6 is 0 Å². The Morgan fingerprint density at radius 3 is 3.24 bits per heavy atom. The Balaban J connectivity index is 1.42. The van der Waals surface area contributed by atoms with E-state index in [9.17, 15) is 9.18 Å². The van der Waals surface area contributed by atoms with Crippen molar-refractivity contribution in [3.05, 3.63) is 53.2 Å². The molecule has 0 bridgehead atoms. The molecule has 2 aromatic heterocycles. The summed E-state index contributed by atoms with van der Waals surface area (Å²) >= 11 is 0. The Morgan fingerprint density at radius 1 is 1.48 bits per heavy atom. The summed E-state index contributed by atoms with van der Waals surface area (Å²) in [7, 11) is 1.86. The highest BCUT2D eigenvalue weighted by atomic mass is 19.1. The summed E-state index contributed by atoms with van der Waals surface area (Å²) in [5.74, 6) is -0.558. The zero-order valence-corrected chi connectivity index (χ0v) is 14.0. The molecule has 25 heavy (non-hydrogen) atoms. The zero-order valence-electron chi connectivity index (χ0n) is 14.0. The number of rotatable bonds is 4. The van der Waals surface area contributed by atoms with Gasteiger partial charge < -0.3 is 15.6 Å². The minimum atomic E-state index is -0.273. The fourth-order valence-corrected chi connectivity index (χ4v) is 3.45. The highest BCUT2D eigenvalue weighted by molar-refractivity contribution is 5.85. The van der Waals surface area contributed by atoms with Gasteiger partial charge in [0.15, 0.2) is 0 Å². The van der Waals surface area contributed by atoms with Gasteiger partial charge in [0.2, 0.25) is 5.91 Å². The second-order valence-corrected chi connectivity index (χ2v) is 6.44. The maximum atomic E-state index is 13.4. The molecular weight excluding hydrogens is 321 g/mol. The molecule has 130 valence electrons. The Labute approximate surface area is 144 Å². The highest BCUT2D eigenvalue weighted by Gasteiger charge is 2.29.